The van der Waals surface area contributed by atoms with E-state index in [-0.39, 0.29) is 10.8 Å². The molecule has 0 saturated heterocycles. The van der Waals surface area contributed by atoms with Gasteiger partial charge >= 0.3 is 0 Å². The van der Waals surface area contributed by atoms with Gasteiger partial charge in [-0.05, 0) is 48.9 Å². The molecule has 0 atom stereocenters. The maximum absolute atomic E-state index is 12.9. The van der Waals surface area contributed by atoms with E-state index in [1.54, 1.807) is 36.4 Å². The van der Waals surface area contributed by atoms with Gasteiger partial charge in [0.1, 0.15) is 5.69 Å². The van der Waals surface area contributed by atoms with Crippen LogP contribution in [0.15, 0.2) is 89.8 Å². The van der Waals surface area contributed by atoms with Gasteiger partial charge in [0, 0.05) is 12.7 Å². The molecule has 1 heterocycles. The third kappa shape index (κ3) is 4.42. The molecule has 1 N–H and O–H groups in total. The number of hydrogen-bond donors (Lipinski definition) is 1. The second kappa shape index (κ2) is 8.94. The molecule has 1 aromatic heterocycles. The Morgan fingerprint density at radius 1 is 0.906 bits per heavy atom. The molecule has 32 heavy (non-hydrogen) atoms. The third-order valence-electron chi connectivity index (χ3n) is 4.88. The number of hydrogen-bond acceptors (Lipinski definition) is 5. The summed E-state index contributed by atoms with van der Waals surface area (Å²) in [5.41, 5.74) is 2.33. The molecule has 0 fully saturated rings. The van der Waals surface area contributed by atoms with Crippen molar-refractivity contribution in [2.24, 2.45) is 0 Å². The predicted molar refractivity (Wildman–Crippen MR) is 129 cm³/mol. The van der Waals surface area contributed by atoms with Crippen LogP contribution in [0.5, 0.6) is 0 Å². The SMILES string of the molecule is Cc1nc(C(=O)Nc2ccc(S(=O)(=O)N(C)c3ccccc3)cc2)c(-c2ccccc2)s1. The van der Waals surface area contributed by atoms with Crippen molar-refractivity contribution in [1.29, 1.82) is 0 Å². The molecule has 0 aliphatic carbocycles. The quantitative estimate of drug-likeness (QED) is 0.426. The Morgan fingerprint density at radius 3 is 2.12 bits per heavy atom. The monoisotopic (exact) mass is 463 g/mol. The van der Waals surface area contributed by atoms with Gasteiger partial charge in [-0.2, -0.15) is 0 Å². The smallest absolute Gasteiger partial charge is 0.275 e. The highest BCUT2D eigenvalue weighted by atomic mass is 32.2. The lowest BCUT2D eigenvalue weighted by atomic mass is 10.1. The fourth-order valence-electron chi connectivity index (χ4n) is 3.20. The van der Waals surface area contributed by atoms with Crippen molar-refractivity contribution in [3.05, 3.63) is 95.6 Å². The first-order valence-corrected chi connectivity index (χ1v) is 12.1. The number of sulfonamides is 1. The van der Waals surface area contributed by atoms with Crippen LogP contribution in [-0.2, 0) is 10.0 Å². The number of para-hydroxylation sites is 1. The van der Waals surface area contributed by atoms with Crippen LogP contribution in [0.3, 0.4) is 0 Å². The van der Waals surface area contributed by atoms with E-state index in [9.17, 15) is 13.2 Å². The van der Waals surface area contributed by atoms with E-state index in [0.29, 0.717) is 17.1 Å². The van der Waals surface area contributed by atoms with Gasteiger partial charge in [-0.1, -0.05) is 48.5 Å². The molecule has 6 nitrogen and oxygen atoms in total. The van der Waals surface area contributed by atoms with Crippen molar-refractivity contribution in [3.63, 3.8) is 0 Å². The lowest BCUT2D eigenvalue weighted by Crippen LogP contribution is -2.26. The first-order chi connectivity index (χ1) is 15.4. The van der Waals surface area contributed by atoms with E-state index >= 15 is 0 Å². The number of carbonyl (C=O) groups excluding carboxylic acids is 1. The number of aromatic nitrogens is 1. The molecular formula is C24H21N3O3S2. The maximum Gasteiger partial charge on any atom is 0.275 e. The Kier molecular flexibility index (Phi) is 6.07. The van der Waals surface area contributed by atoms with Crippen molar-refractivity contribution in [3.8, 4) is 10.4 Å². The molecule has 0 bridgehead atoms. The molecule has 0 aliphatic heterocycles. The molecule has 8 heteroatoms. The molecule has 0 radical (unpaired) electrons. The maximum atomic E-state index is 12.9. The third-order valence-corrected chi connectivity index (χ3v) is 7.70. The van der Waals surface area contributed by atoms with Crippen LogP contribution in [0.25, 0.3) is 10.4 Å². The first-order valence-electron chi connectivity index (χ1n) is 9.84. The Balaban J connectivity index is 1.54. The highest BCUT2D eigenvalue weighted by Gasteiger charge is 2.22. The summed E-state index contributed by atoms with van der Waals surface area (Å²) < 4.78 is 27.1. The first kappa shape index (κ1) is 21.7. The van der Waals surface area contributed by atoms with Gasteiger partial charge in [-0.3, -0.25) is 9.10 Å². The van der Waals surface area contributed by atoms with Gasteiger partial charge in [0.25, 0.3) is 15.9 Å². The average Bonchev–Trinajstić information content (AvgIpc) is 3.22. The van der Waals surface area contributed by atoms with Gasteiger partial charge in [-0.25, -0.2) is 13.4 Å². The normalized spacial score (nSPS) is 11.2. The molecule has 0 spiro atoms. The second-order valence-electron chi connectivity index (χ2n) is 7.06. The van der Waals surface area contributed by atoms with Crippen LogP contribution in [0.2, 0.25) is 0 Å². The Labute approximate surface area is 191 Å². The van der Waals surface area contributed by atoms with Crippen LogP contribution in [-0.4, -0.2) is 26.4 Å². The Morgan fingerprint density at radius 2 is 1.50 bits per heavy atom. The van der Waals surface area contributed by atoms with Crippen molar-refractivity contribution in [1.82, 2.24) is 4.98 Å². The summed E-state index contributed by atoms with van der Waals surface area (Å²) in [7, 11) is -2.21. The van der Waals surface area contributed by atoms with Gasteiger partial charge in [0.2, 0.25) is 0 Å². The molecule has 0 aliphatic rings. The minimum atomic E-state index is -3.72. The molecule has 4 rings (SSSR count). The van der Waals surface area contributed by atoms with Crippen molar-refractivity contribution in [2.75, 3.05) is 16.7 Å². The summed E-state index contributed by atoms with van der Waals surface area (Å²) in [4.78, 5) is 18.2. The van der Waals surface area contributed by atoms with Crippen LogP contribution in [0.4, 0.5) is 11.4 Å². The number of nitrogens with zero attached hydrogens (tertiary/aromatic N) is 2. The predicted octanol–water partition coefficient (Wildman–Crippen LogP) is 5.20. The lowest BCUT2D eigenvalue weighted by Gasteiger charge is -2.19. The van der Waals surface area contributed by atoms with E-state index in [1.807, 2.05) is 43.3 Å². The van der Waals surface area contributed by atoms with E-state index in [2.05, 4.69) is 10.3 Å². The summed E-state index contributed by atoms with van der Waals surface area (Å²) in [6, 6.07) is 24.6. The standard InChI is InChI=1S/C24H21N3O3S2/c1-17-25-22(23(31-17)18-9-5-3-6-10-18)24(28)26-19-13-15-21(16-14-19)32(29,30)27(2)20-11-7-4-8-12-20/h3-16H,1-2H3,(H,26,28). The van der Waals surface area contributed by atoms with Crippen LogP contribution < -0.4 is 9.62 Å². The van der Waals surface area contributed by atoms with Gasteiger partial charge in [0.15, 0.2) is 0 Å². The summed E-state index contributed by atoms with van der Waals surface area (Å²) in [6.45, 7) is 1.86. The molecule has 4 aromatic rings. The second-order valence-corrected chi connectivity index (χ2v) is 10.2. The average molecular weight is 464 g/mol. The van der Waals surface area contributed by atoms with E-state index in [0.717, 1.165) is 15.4 Å². The number of carbonyl (C=O) groups is 1. The van der Waals surface area contributed by atoms with E-state index in [1.165, 1.54) is 34.8 Å². The fraction of sp³-hybridized carbons (Fsp3) is 0.0833. The zero-order valence-corrected chi connectivity index (χ0v) is 19.2. The van der Waals surface area contributed by atoms with E-state index < -0.39 is 10.0 Å². The van der Waals surface area contributed by atoms with Crippen LogP contribution in [0.1, 0.15) is 15.5 Å². The summed E-state index contributed by atoms with van der Waals surface area (Å²) in [5.74, 6) is -0.342. The summed E-state index contributed by atoms with van der Waals surface area (Å²) >= 11 is 1.46. The highest BCUT2D eigenvalue weighted by Crippen LogP contribution is 2.31. The number of benzene rings is 3. The number of anilines is 2. The van der Waals surface area contributed by atoms with Crippen molar-refractivity contribution in [2.45, 2.75) is 11.8 Å². The van der Waals surface area contributed by atoms with Crippen LogP contribution >= 0.6 is 11.3 Å². The molecule has 162 valence electrons. The minimum Gasteiger partial charge on any atom is -0.321 e. The van der Waals surface area contributed by atoms with Gasteiger partial charge < -0.3 is 5.32 Å². The number of aryl methyl sites for hydroxylation is 1. The zero-order chi connectivity index (χ0) is 22.7. The number of nitrogens with one attached hydrogen (secondary N) is 1. The van der Waals surface area contributed by atoms with Crippen molar-refractivity contribution < 1.29 is 13.2 Å². The molecule has 0 saturated carbocycles. The number of rotatable bonds is 6. The molecule has 1 amide bonds. The highest BCUT2D eigenvalue weighted by molar-refractivity contribution is 7.92. The minimum absolute atomic E-state index is 0.135. The Hall–Kier alpha value is -3.49. The lowest BCUT2D eigenvalue weighted by molar-refractivity contribution is 0.102. The van der Waals surface area contributed by atoms with Gasteiger partial charge in [-0.15, -0.1) is 11.3 Å². The summed E-state index contributed by atoms with van der Waals surface area (Å²) in [5, 5.41) is 3.61. The van der Waals surface area contributed by atoms with E-state index in [4.69, 9.17) is 0 Å². The fourth-order valence-corrected chi connectivity index (χ4v) is 5.32. The zero-order valence-electron chi connectivity index (χ0n) is 17.5. The summed E-state index contributed by atoms with van der Waals surface area (Å²) in [6.07, 6.45) is 0. The number of amides is 1. The van der Waals surface area contributed by atoms with Crippen LogP contribution in [0, 0.1) is 6.92 Å². The largest absolute Gasteiger partial charge is 0.321 e. The van der Waals surface area contributed by atoms with Gasteiger partial charge in [0.05, 0.1) is 20.5 Å². The number of thiazole rings is 1. The Bertz CT molecular complexity index is 1330. The molecule has 3 aromatic carbocycles. The molecule has 0 unspecified atom stereocenters. The molecular weight excluding hydrogens is 442 g/mol. The van der Waals surface area contributed by atoms with Crippen molar-refractivity contribution >= 4 is 38.6 Å². The topological polar surface area (TPSA) is 79.4 Å².